The number of methoxy groups -OCH3 is 1. The molecule has 3 aromatic rings. The van der Waals surface area contributed by atoms with E-state index in [0.717, 1.165) is 33.2 Å². The van der Waals surface area contributed by atoms with E-state index in [1.54, 1.807) is 7.11 Å². The average Bonchev–Trinajstić information content (AvgIpc) is 3.07. The lowest BCUT2D eigenvalue weighted by Gasteiger charge is -2.08. The largest absolute Gasteiger partial charge is 0.497 e. The van der Waals surface area contributed by atoms with Crippen LogP contribution in [0.25, 0.3) is 11.4 Å². The first-order valence-electron chi connectivity index (χ1n) is 7.43. The summed E-state index contributed by atoms with van der Waals surface area (Å²) in [7, 11) is 1.62. The quantitative estimate of drug-likeness (QED) is 0.677. The number of nitrogens with zero attached hydrogens (tertiary/aromatic N) is 2. The third-order valence-corrected chi connectivity index (χ3v) is 4.16. The predicted molar refractivity (Wildman–Crippen MR) is 91.5 cm³/mol. The van der Waals surface area contributed by atoms with Crippen molar-refractivity contribution < 1.29 is 14.0 Å². The molecule has 0 radical (unpaired) electrons. The molecule has 0 spiro atoms. The van der Waals surface area contributed by atoms with Gasteiger partial charge < -0.3 is 14.0 Å². The smallest absolute Gasteiger partial charge is 0.264 e. The van der Waals surface area contributed by atoms with E-state index in [2.05, 4.69) is 10.1 Å². The van der Waals surface area contributed by atoms with Gasteiger partial charge in [-0.25, -0.2) is 0 Å². The molecule has 0 N–H and O–H groups in total. The Morgan fingerprint density at radius 2 is 1.83 bits per heavy atom. The molecule has 24 heavy (non-hydrogen) atoms. The van der Waals surface area contributed by atoms with Crippen LogP contribution >= 0.6 is 11.6 Å². The van der Waals surface area contributed by atoms with Gasteiger partial charge in [0.2, 0.25) is 5.82 Å². The molecule has 0 amide bonds. The molecule has 1 heterocycles. The van der Waals surface area contributed by atoms with Crippen molar-refractivity contribution in [2.75, 3.05) is 7.11 Å². The lowest BCUT2D eigenvalue weighted by Crippen LogP contribution is -1.97. The lowest BCUT2D eigenvalue weighted by atomic mass is 10.1. The maximum Gasteiger partial charge on any atom is 0.264 e. The molecule has 0 bridgehead atoms. The summed E-state index contributed by atoms with van der Waals surface area (Å²) >= 11 is 6.16. The molecule has 124 valence electrons. The van der Waals surface area contributed by atoms with Crippen molar-refractivity contribution in [3.05, 3.63) is 58.4 Å². The first-order chi connectivity index (χ1) is 11.6. The van der Waals surface area contributed by atoms with E-state index in [4.69, 9.17) is 25.6 Å². The van der Waals surface area contributed by atoms with Crippen molar-refractivity contribution in [1.82, 2.24) is 10.1 Å². The van der Waals surface area contributed by atoms with Crippen molar-refractivity contribution in [3.8, 4) is 22.9 Å². The van der Waals surface area contributed by atoms with Crippen LogP contribution in [0.1, 0.15) is 17.0 Å². The van der Waals surface area contributed by atoms with Crippen LogP contribution < -0.4 is 9.47 Å². The Balaban J connectivity index is 1.72. The molecular formula is C18H17ClN2O3. The predicted octanol–water partition coefficient (Wildman–Crippen LogP) is 4.59. The Kier molecular flexibility index (Phi) is 4.71. The second kappa shape index (κ2) is 6.93. The van der Waals surface area contributed by atoms with Crippen LogP contribution in [-0.4, -0.2) is 17.3 Å². The van der Waals surface area contributed by atoms with Crippen molar-refractivity contribution in [2.24, 2.45) is 0 Å². The first-order valence-corrected chi connectivity index (χ1v) is 7.81. The second-order valence-corrected chi connectivity index (χ2v) is 5.78. The van der Waals surface area contributed by atoms with Crippen molar-refractivity contribution in [2.45, 2.75) is 20.5 Å². The van der Waals surface area contributed by atoms with Crippen LogP contribution in [0.5, 0.6) is 11.5 Å². The van der Waals surface area contributed by atoms with E-state index in [0.29, 0.717) is 11.7 Å². The molecule has 1 aromatic heterocycles. The molecule has 0 atom stereocenters. The number of aromatic nitrogens is 2. The molecule has 5 nitrogen and oxygen atoms in total. The van der Waals surface area contributed by atoms with Crippen LogP contribution in [0, 0.1) is 13.8 Å². The van der Waals surface area contributed by atoms with Gasteiger partial charge in [-0.1, -0.05) is 28.9 Å². The van der Waals surface area contributed by atoms with Gasteiger partial charge in [0.05, 0.1) is 7.11 Å². The monoisotopic (exact) mass is 344 g/mol. The van der Waals surface area contributed by atoms with Gasteiger partial charge in [-0.15, -0.1) is 0 Å². The molecule has 0 aliphatic carbocycles. The number of benzene rings is 2. The fourth-order valence-electron chi connectivity index (χ4n) is 2.33. The maximum absolute atomic E-state index is 6.16. The van der Waals surface area contributed by atoms with Crippen molar-refractivity contribution in [1.29, 1.82) is 0 Å². The van der Waals surface area contributed by atoms with Crippen molar-refractivity contribution in [3.63, 3.8) is 0 Å². The number of halogens is 1. The number of hydrogen-bond acceptors (Lipinski definition) is 5. The zero-order chi connectivity index (χ0) is 17.1. The molecule has 0 aliphatic rings. The maximum atomic E-state index is 6.16. The van der Waals surface area contributed by atoms with E-state index in [1.165, 1.54) is 0 Å². The molecule has 2 aromatic carbocycles. The van der Waals surface area contributed by atoms with Gasteiger partial charge in [0, 0.05) is 10.6 Å². The number of aryl methyl sites for hydroxylation is 2. The summed E-state index contributed by atoms with van der Waals surface area (Å²) < 4.78 is 16.2. The average molecular weight is 345 g/mol. The van der Waals surface area contributed by atoms with Gasteiger partial charge in [-0.2, -0.15) is 4.98 Å². The highest BCUT2D eigenvalue weighted by molar-refractivity contribution is 6.32. The minimum absolute atomic E-state index is 0.192. The fourth-order valence-corrected chi connectivity index (χ4v) is 2.44. The molecule has 0 unspecified atom stereocenters. The Bertz CT molecular complexity index is 838. The summed E-state index contributed by atoms with van der Waals surface area (Å²) in [5, 5.41) is 4.73. The van der Waals surface area contributed by atoms with Gasteiger partial charge in [-0.05, 0) is 49.2 Å². The van der Waals surface area contributed by atoms with Crippen LogP contribution in [0.4, 0.5) is 0 Å². The number of rotatable bonds is 5. The van der Waals surface area contributed by atoms with E-state index in [-0.39, 0.29) is 6.61 Å². The normalized spacial score (nSPS) is 10.7. The summed E-state index contributed by atoms with van der Waals surface area (Å²) in [4.78, 5) is 4.35. The summed E-state index contributed by atoms with van der Waals surface area (Å²) in [5.74, 6) is 2.35. The molecule has 0 aliphatic heterocycles. The van der Waals surface area contributed by atoms with Crippen molar-refractivity contribution >= 4 is 11.6 Å². The third kappa shape index (κ3) is 3.51. The Hall–Kier alpha value is -2.53. The SMILES string of the molecule is COc1cccc(-c2noc(COc3cc(C)c(Cl)c(C)c3)n2)c1. The topological polar surface area (TPSA) is 57.4 Å². The van der Waals surface area contributed by atoms with Crippen LogP contribution in [0.2, 0.25) is 5.02 Å². The Morgan fingerprint density at radius 3 is 2.54 bits per heavy atom. The Labute approximate surface area is 145 Å². The standard InChI is InChI=1S/C18H17ClN2O3/c1-11-7-15(8-12(2)17(11)19)23-10-16-20-18(21-24-16)13-5-4-6-14(9-13)22-3/h4-9H,10H2,1-3H3. The molecular weight excluding hydrogens is 328 g/mol. The lowest BCUT2D eigenvalue weighted by molar-refractivity contribution is 0.242. The first kappa shape index (κ1) is 16.3. The molecule has 0 saturated carbocycles. The van der Waals surface area contributed by atoms with Crippen LogP contribution in [0.3, 0.4) is 0 Å². The molecule has 0 saturated heterocycles. The zero-order valence-electron chi connectivity index (χ0n) is 13.7. The van der Waals surface area contributed by atoms with Crippen LogP contribution in [-0.2, 0) is 6.61 Å². The van der Waals surface area contributed by atoms with E-state index >= 15 is 0 Å². The van der Waals surface area contributed by atoms with Gasteiger partial charge >= 0.3 is 0 Å². The highest BCUT2D eigenvalue weighted by Gasteiger charge is 2.11. The van der Waals surface area contributed by atoms with Gasteiger partial charge in [0.15, 0.2) is 6.61 Å². The number of hydrogen-bond donors (Lipinski definition) is 0. The summed E-state index contributed by atoms with van der Waals surface area (Å²) in [6.45, 7) is 4.07. The molecule has 0 fully saturated rings. The van der Waals surface area contributed by atoms with Gasteiger partial charge in [-0.3, -0.25) is 0 Å². The minimum Gasteiger partial charge on any atom is -0.497 e. The highest BCUT2D eigenvalue weighted by Crippen LogP contribution is 2.26. The summed E-state index contributed by atoms with van der Waals surface area (Å²) in [5.41, 5.74) is 2.76. The fraction of sp³-hybridized carbons (Fsp3) is 0.222. The summed E-state index contributed by atoms with van der Waals surface area (Å²) in [6.07, 6.45) is 0. The van der Waals surface area contributed by atoms with E-state index in [9.17, 15) is 0 Å². The zero-order valence-corrected chi connectivity index (χ0v) is 14.4. The van der Waals surface area contributed by atoms with Gasteiger partial charge in [0.1, 0.15) is 11.5 Å². The van der Waals surface area contributed by atoms with E-state index in [1.807, 2.05) is 50.2 Å². The van der Waals surface area contributed by atoms with Crippen LogP contribution in [0.15, 0.2) is 40.9 Å². The third-order valence-electron chi connectivity index (χ3n) is 3.57. The molecule has 3 rings (SSSR count). The summed E-state index contributed by atoms with van der Waals surface area (Å²) in [6, 6.07) is 11.2. The van der Waals surface area contributed by atoms with E-state index < -0.39 is 0 Å². The second-order valence-electron chi connectivity index (χ2n) is 5.40. The highest BCUT2D eigenvalue weighted by atomic mass is 35.5. The number of ether oxygens (including phenoxy) is 2. The molecule has 6 heteroatoms. The Morgan fingerprint density at radius 1 is 1.08 bits per heavy atom. The van der Waals surface area contributed by atoms with Gasteiger partial charge in [0.25, 0.3) is 5.89 Å². The minimum atomic E-state index is 0.192.